The number of thioether (sulfide) groups is 1. The average molecular weight is 555 g/mol. The van der Waals surface area contributed by atoms with Crippen molar-refractivity contribution in [3.8, 4) is 11.5 Å². The highest BCUT2D eigenvalue weighted by molar-refractivity contribution is 8.00. The molecule has 3 aromatic carbocycles. The first kappa shape index (κ1) is 25.1. The summed E-state index contributed by atoms with van der Waals surface area (Å²) in [6.07, 6.45) is -1.09. The van der Waals surface area contributed by atoms with Crippen LogP contribution in [-0.4, -0.2) is 44.3 Å². The molecule has 5 rings (SSSR count). The Hall–Kier alpha value is -3.61. The highest BCUT2D eigenvalue weighted by Crippen LogP contribution is 2.37. The summed E-state index contributed by atoms with van der Waals surface area (Å²) in [5, 5.41) is 11.2. The van der Waals surface area contributed by atoms with Crippen LogP contribution in [0.3, 0.4) is 0 Å². The van der Waals surface area contributed by atoms with Crippen molar-refractivity contribution in [1.29, 1.82) is 0 Å². The van der Waals surface area contributed by atoms with Gasteiger partial charge in [-0.05, 0) is 42.0 Å². The number of anilines is 2. The molecule has 0 spiro atoms. The Labute approximate surface area is 222 Å². The molecule has 1 unspecified atom stereocenters. The molecule has 1 aliphatic heterocycles. The third-order valence-electron chi connectivity index (χ3n) is 5.52. The number of hydrogen-bond donors (Lipinski definition) is 1. The first-order valence-electron chi connectivity index (χ1n) is 11.2. The minimum Gasteiger partial charge on any atom is -0.497 e. The number of benzene rings is 3. The first-order valence-corrected chi connectivity index (χ1v) is 14.4. The number of aromatic nitrogens is 2. The second-order valence-electron chi connectivity index (χ2n) is 7.92. The van der Waals surface area contributed by atoms with Crippen molar-refractivity contribution in [2.24, 2.45) is 0 Å². The largest absolute Gasteiger partial charge is 0.497 e. The maximum Gasteiger partial charge on any atom is 0.269 e. The lowest BCUT2D eigenvalue weighted by atomic mass is 10.2. The summed E-state index contributed by atoms with van der Waals surface area (Å²) in [4.78, 5) is 13.2. The molecule has 2 heterocycles. The summed E-state index contributed by atoms with van der Waals surface area (Å²) in [6, 6.07) is 22.8. The predicted octanol–water partition coefficient (Wildman–Crippen LogP) is 4.43. The Bertz CT molecular complexity index is 1490. The standard InChI is InChI=1S/C25H22N4O5S3/c1-33-18-11-13-19(14-12-18)37(31,32)29-15-22(34-21-10-6-5-9-20(21)29)23(30)26-24-27-28-25(36-24)35-16-17-7-3-2-4-8-17/h2-14,22H,15-16H2,1H3,(H,26,27,30). The van der Waals surface area contributed by atoms with Gasteiger partial charge in [0.25, 0.3) is 15.9 Å². The van der Waals surface area contributed by atoms with Crippen molar-refractivity contribution < 1.29 is 22.7 Å². The lowest BCUT2D eigenvalue weighted by Gasteiger charge is -2.34. The highest BCUT2D eigenvalue weighted by atomic mass is 32.2. The lowest BCUT2D eigenvalue weighted by molar-refractivity contribution is -0.122. The van der Waals surface area contributed by atoms with Gasteiger partial charge >= 0.3 is 0 Å². The van der Waals surface area contributed by atoms with Crippen molar-refractivity contribution in [3.63, 3.8) is 0 Å². The molecule has 1 aliphatic rings. The van der Waals surface area contributed by atoms with E-state index in [4.69, 9.17) is 9.47 Å². The molecule has 37 heavy (non-hydrogen) atoms. The molecule has 0 bridgehead atoms. The zero-order valence-electron chi connectivity index (χ0n) is 19.6. The van der Waals surface area contributed by atoms with Crippen LogP contribution in [0.5, 0.6) is 11.5 Å². The summed E-state index contributed by atoms with van der Waals surface area (Å²) < 4.78 is 40.0. The minimum atomic E-state index is -3.98. The SMILES string of the molecule is COc1ccc(S(=O)(=O)N2CC(C(=O)Nc3nnc(SCc4ccccc4)s3)Oc3ccccc32)cc1. The van der Waals surface area contributed by atoms with E-state index < -0.39 is 22.0 Å². The number of para-hydroxylation sites is 2. The Balaban J connectivity index is 1.32. The van der Waals surface area contributed by atoms with Crippen molar-refractivity contribution in [2.75, 3.05) is 23.3 Å². The quantitative estimate of drug-likeness (QED) is 0.252. The van der Waals surface area contributed by atoms with E-state index in [2.05, 4.69) is 15.5 Å². The predicted molar refractivity (Wildman–Crippen MR) is 143 cm³/mol. The number of fused-ring (bicyclic) bond motifs is 1. The van der Waals surface area contributed by atoms with Crippen LogP contribution in [0.1, 0.15) is 5.56 Å². The molecule has 1 N–H and O–H groups in total. The van der Waals surface area contributed by atoms with E-state index in [9.17, 15) is 13.2 Å². The number of carbonyl (C=O) groups is 1. The van der Waals surface area contributed by atoms with E-state index >= 15 is 0 Å². The normalized spacial score (nSPS) is 14.9. The van der Waals surface area contributed by atoms with Gasteiger partial charge in [0.15, 0.2) is 10.4 Å². The number of ether oxygens (including phenoxy) is 2. The molecule has 9 nitrogen and oxygen atoms in total. The van der Waals surface area contributed by atoms with Crippen LogP contribution in [0.4, 0.5) is 10.8 Å². The van der Waals surface area contributed by atoms with E-state index in [-0.39, 0.29) is 11.4 Å². The number of nitrogens with zero attached hydrogens (tertiary/aromatic N) is 3. The van der Waals surface area contributed by atoms with Gasteiger partial charge in [0, 0.05) is 5.75 Å². The van der Waals surface area contributed by atoms with E-state index in [0.29, 0.717) is 26.7 Å². The maximum atomic E-state index is 13.5. The first-order chi connectivity index (χ1) is 17.9. The molecule has 0 radical (unpaired) electrons. The zero-order valence-corrected chi connectivity index (χ0v) is 22.1. The summed E-state index contributed by atoms with van der Waals surface area (Å²) in [6.45, 7) is -0.203. The second-order valence-corrected chi connectivity index (χ2v) is 12.0. The van der Waals surface area contributed by atoms with Crippen LogP contribution >= 0.6 is 23.1 Å². The van der Waals surface area contributed by atoms with Gasteiger partial charge < -0.3 is 9.47 Å². The topological polar surface area (TPSA) is 111 Å². The monoisotopic (exact) mass is 554 g/mol. The molecule has 1 amide bonds. The van der Waals surface area contributed by atoms with Crippen LogP contribution < -0.4 is 19.1 Å². The van der Waals surface area contributed by atoms with Crippen molar-refractivity contribution in [2.45, 2.75) is 21.1 Å². The number of amides is 1. The lowest BCUT2D eigenvalue weighted by Crippen LogP contribution is -2.48. The summed E-state index contributed by atoms with van der Waals surface area (Å²) in [7, 11) is -2.47. The summed E-state index contributed by atoms with van der Waals surface area (Å²) >= 11 is 2.76. The highest BCUT2D eigenvalue weighted by Gasteiger charge is 2.37. The molecule has 1 aromatic heterocycles. The third kappa shape index (κ3) is 5.55. The molecule has 0 aliphatic carbocycles. The molecule has 0 fully saturated rings. The minimum absolute atomic E-state index is 0.0772. The molecule has 1 atom stereocenters. The van der Waals surface area contributed by atoms with Gasteiger partial charge in [-0.15, -0.1) is 10.2 Å². The summed E-state index contributed by atoms with van der Waals surface area (Å²) in [5.74, 6) is 1.05. The second kappa shape index (κ2) is 10.8. The molecule has 12 heteroatoms. The van der Waals surface area contributed by atoms with Crippen LogP contribution in [-0.2, 0) is 20.6 Å². The van der Waals surface area contributed by atoms with E-state index in [1.54, 1.807) is 36.4 Å². The van der Waals surface area contributed by atoms with Crippen LogP contribution in [0.2, 0.25) is 0 Å². The Morgan fingerprint density at radius 1 is 1.08 bits per heavy atom. The van der Waals surface area contributed by atoms with Crippen molar-refractivity contribution >= 4 is 49.8 Å². The van der Waals surface area contributed by atoms with Gasteiger partial charge in [-0.25, -0.2) is 8.42 Å². The maximum absolute atomic E-state index is 13.5. The third-order valence-corrected chi connectivity index (χ3v) is 9.35. The average Bonchev–Trinajstić information content (AvgIpc) is 3.39. The van der Waals surface area contributed by atoms with Crippen LogP contribution in [0.25, 0.3) is 0 Å². The molecular formula is C25H22N4O5S3. The smallest absolute Gasteiger partial charge is 0.269 e. The molecular weight excluding hydrogens is 532 g/mol. The Kier molecular flexibility index (Phi) is 7.31. The van der Waals surface area contributed by atoms with Gasteiger partial charge in [-0.1, -0.05) is 65.6 Å². The number of rotatable bonds is 8. The fraction of sp³-hybridized carbons (Fsp3) is 0.160. The number of hydrogen-bond acceptors (Lipinski definition) is 9. The van der Waals surface area contributed by atoms with Gasteiger partial charge in [0.2, 0.25) is 5.13 Å². The zero-order chi connectivity index (χ0) is 25.8. The Morgan fingerprint density at radius 3 is 2.57 bits per heavy atom. The molecule has 0 saturated carbocycles. The number of methoxy groups -OCH3 is 1. The number of nitrogens with one attached hydrogen (secondary N) is 1. The fourth-order valence-electron chi connectivity index (χ4n) is 3.67. The van der Waals surface area contributed by atoms with Gasteiger partial charge in [-0.2, -0.15) is 0 Å². The summed E-state index contributed by atoms with van der Waals surface area (Å²) in [5.41, 5.74) is 1.51. The van der Waals surface area contributed by atoms with Gasteiger partial charge in [0.05, 0.1) is 24.2 Å². The fourth-order valence-corrected chi connectivity index (χ4v) is 6.85. The molecule has 190 valence electrons. The van der Waals surface area contributed by atoms with Gasteiger partial charge in [-0.3, -0.25) is 14.4 Å². The van der Waals surface area contributed by atoms with Crippen molar-refractivity contribution in [1.82, 2.24) is 10.2 Å². The molecule has 0 saturated heterocycles. The molecule has 4 aromatic rings. The van der Waals surface area contributed by atoms with E-state index in [0.717, 1.165) is 11.3 Å². The van der Waals surface area contributed by atoms with Crippen molar-refractivity contribution in [3.05, 3.63) is 84.4 Å². The van der Waals surface area contributed by atoms with E-state index in [1.165, 1.54) is 46.6 Å². The van der Waals surface area contributed by atoms with Crippen LogP contribution in [0.15, 0.2) is 88.1 Å². The number of carbonyl (C=O) groups excluding carboxylic acids is 1. The Morgan fingerprint density at radius 2 is 1.81 bits per heavy atom. The van der Waals surface area contributed by atoms with E-state index in [1.807, 2.05) is 30.3 Å². The van der Waals surface area contributed by atoms with Crippen LogP contribution in [0, 0.1) is 0 Å². The number of sulfonamides is 1. The van der Waals surface area contributed by atoms with Gasteiger partial charge in [0.1, 0.15) is 11.5 Å².